The largest absolute Gasteiger partial charge is 0.365 e. The lowest BCUT2D eigenvalue weighted by molar-refractivity contribution is 0.470. The molecule has 2 aromatic carbocycles. The number of piperazine rings is 1. The first-order valence-corrected chi connectivity index (χ1v) is 10.1. The molecule has 3 aromatic rings. The lowest BCUT2D eigenvalue weighted by atomic mass is 9.95. The van der Waals surface area contributed by atoms with E-state index in [0.29, 0.717) is 11.6 Å². The minimum Gasteiger partial charge on any atom is -0.365 e. The Labute approximate surface area is 151 Å². The summed E-state index contributed by atoms with van der Waals surface area (Å²) in [6.07, 6.45) is 2.51. The van der Waals surface area contributed by atoms with Crippen LogP contribution in [-0.4, -0.2) is 38.1 Å². The fourth-order valence-corrected chi connectivity index (χ4v) is 5.58. The van der Waals surface area contributed by atoms with Crippen LogP contribution in [0.2, 0.25) is 0 Å². The minimum atomic E-state index is -3.86. The maximum Gasteiger partial charge on any atom is 0.268 e. The Hall–Kier alpha value is -2.38. The highest BCUT2D eigenvalue weighted by Gasteiger charge is 2.32. The van der Waals surface area contributed by atoms with Crippen LogP contribution < -0.4 is 10.2 Å². The maximum atomic E-state index is 13.6. The van der Waals surface area contributed by atoms with Gasteiger partial charge in [0.2, 0.25) is 0 Å². The monoisotopic (exact) mass is 371 g/mol. The van der Waals surface area contributed by atoms with E-state index in [4.69, 9.17) is 0 Å². The van der Waals surface area contributed by atoms with E-state index in [-0.39, 0.29) is 4.90 Å². The van der Waals surface area contributed by atoms with Gasteiger partial charge in [0, 0.05) is 42.9 Å². The van der Waals surface area contributed by atoms with Crippen molar-refractivity contribution >= 4 is 26.6 Å². The van der Waals surface area contributed by atoms with Gasteiger partial charge in [-0.15, -0.1) is 0 Å². The Morgan fingerprint density at radius 3 is 2.85 bits per heavy atom. The minimum absolute atomic E-state index is 0.0370. The molecule has 2 aliphatic rings. The molecule has 5 nitrogen and oxygen atoms in total. The molecule has 1 unspecified atom stereocenters. The van der Waals surface area contributed by atoms with Crippen LogP contribution in [0.5, 0.6) is 0 Å². The normalized spacial score (nSPS) is 19.6. The summed E-state index contributed by atoms with van der Waals surface area (Å²) in [6.45, 7) is 2.72. The number of fused-ring (bicyclic) bond motifs is 2. The smallest absolute Gasteiger partial charge is 0.268 e. The summed E-state index contributed by atoms with van der Waals surface area (Å²) in [6, 6.07) is 11.3. The molecule has 134 valence electrons. The van der Waals surface area contributed by atoms with E-state index in [9.17, 15) is 12.8 Å². The number of benzene rings is 2. The molecule has 1 atom stereocenters. The second-order valence-electron chi connectivity index (χ2n) is 6.84. The summed E-state index contributed by atoms with van der Waals surface area (Å²) < 4.78 is 41.2. The fourth-order valence-electron chi connectivity index (χ4n) is 4.16. The number of nitrogens with one attached hydrogen (secondary N) is 1. The Morgan fingerprint density at radius 1 is 1.15 bits per heavy atom. The standard InChI is InChI=1S/C19H18FN3O2S/c20-14-3-1-4-16(10-14)26(24,25)23-12-13-9-15-11-21-7-8-22(15)17-5-2-6-18(23)19(13)17/h1-6,10,12,15,21H,7-9,11H2. The van der Waals surface area contributed by atoms with Crippen molar-refractivity contribution in [3.05, 3.63) is 60.0 Å². The third kappa shape index (κ3) is 2.20. The summed E-state index contributed by atoms with van der Waals surface area (Å²) in [7, 11) is -3.86. The molecular formula is C19H18FN3O2S. The number of rotatable bonds is 2. The summed E-state index contributed by atoms with van der Waals surface area (Å²) >= 11 is 0. The quantitative estimate of drug-likeness (QED) is 0.751. The van der Waals surface area contributed by atoms with Crippen LogP contribution in [0.25, 0.3) is 10.9 Å². The van der Waals surface area contributed by atoms with Crippen LogP contribution in [0.4, 0.5) is 10.1 Å². The molecule has 1 saturated heterocycles. The Bertz CT molecular complexity index is 1120. The molecule has 7 heteroatoms. The van der Waals surface area contributed by atoms with Gasteiger partial charge in [0.05, 0.1) is 10.4 Å². The average molecular weight is 371 g/mol. The van der Waals surface area contributed by atoms with Crippen LogP contribution in [0, 0.1) is 5.82 Å². The van der Waals surface area contributed by atoms with Crippen molar-refractivity contribution in [1.82, 2.24) is 9.29 Å². The second-order valence-corrected chi connectivity index (χ2v) is 8.65. The number of anilines is 1. The van der Waals surface area contributed by atoms with Gasteiger partial charge in [-0.1, -0.05) is 12.1 Å². The van der Waals surface area contributed by atoms with Gasteiger partial charge >= 0.3 is 0 Å². The lowest BCUT2D eigenvalue weighted by Gasteiger charge is -2.41. The van der Waals surface area contributed by atoms with Gasteiger partial charge in [0.1, 0.15) is 5.82 Å². The van der Waals surface area contributed by atoms with Crippen LogP contribution in [0.3, 0.4) is 0 Å². The van der Waals surface area contributed by atoms with Gasteiger partial charge in [-0.2, -0.15) is 0 Å². The highest BCUT2D eigenvalue weighted by atomic mass is 32.2. The Morgan fingerprint density at radius 2 is 2.00 bits per heavy atom. The lowest BCUT2D eigenvalue weighted by Crippen LogP contribution is -2.53. The average Bonchev–Trinajstić information content (AvgIpc) is 3.03. The molecule has 0 aliphatic carbocycles. The zero-order valence-electron chi connectivity index (χ0n) is 14.0. The van der Waals surface area contributed by atoms with Crippen molar-refractivity contribution in [2.75, 3.05) is 24.5 Å². The fraction of sp³-hybridized carbons (Fsp3) is 0.263. The number of nitrogens with zero attached hydrogens (tertiary/aromatic N) is 2. The first-order valence-electron chi connectivity index (χ1n) is 8.67. The van der Waals surface area contributed by atoms with E-state index in [1.165, 1.54) is 22.2 Å². The van der Waals surface area contributed by atoms with E-state index in [1.807, 2.05) is 12.1 Å². The Balaban J connectivity index is 1.74. The first-order chi connectivity index (χ1) is 12.6. The first kappa shape index (κ1) is 15.8. The van der Waals surface area contributed by atoms with E-state index in [1.54, 1.807) is 6.20 Å². The molecule has 0 radical (unpaired) electrons. The van der Waals surface area contributed by atoms with Crippen molar-refractivity contribution in [1.29, 1.82) is 0 Å². The molecule has 2 aliphatic heterocycles. The van der Waals surface area contributed by atoms with Gasteiger partial charge in [-0.3, -0.25) is 0 Å². The van der Waals surface area contributed by atoms with Gasteiger partial charge in [-0.05, 0) is 42.3 Å². The van der Waals surface area contributed by atoms with Crippen molar-refractivity contribution in [3.8, 4) is 0 Å². The zero-order chi connectivity index (χ0) is 17.9. The third-order valence-corrected chi connectivity index (χ3v) is 6.99. The van der Waals surface area contributed by atoms with Crippen molar-refractivity contribution < 1.29 is 12.8 Å². The predicted molar refractivity (Wildman–Crippen MR) is 98.6 cm³/mol. The third-order valence-electron chi connectivity index (χ3n) is 5.32. The molecule has 26 heavy (non-hydrogen) atoms. The van der Waals surface area contributed by atoms with E-state index in [0.717, 1.165) is 48.8 Å². The predicted octanol–water partition coefficient (Wildman–Crippen LogP) is 2.35. The number of hydrogen-bond donors (Lipinski definition) is 1. The molecule has 5 rings (SSSR count). The maximum absolute atomic E-state index is 13.6. The van der Waals surface area contributed by atoms with Crippen LogP contribution in [0.1, 0.15) is 5.56 Å². The van der Waals surface area contributed by atoms with Crippen LogP contribution in [-0.2, 0) is 16.4 Å². The molecular weight excluding hydrogens is 353 g/mol. The molecule has 0 amide bonds. The van der Waals surface area contributed by atoms with Crippen LogP contribution >= 0.6 is 0 Å². The molecule has 1 N–H and O–H groups in total. The molecule has 1 aromatic heterocycles. The van der Waals surface area contributed by atoms with Gasteiger partial charge in [-0.25, -0.2) is 16.8 Å². The summed E-state index contributed by atoms with van der Waals surface area (Å²) in [5.41, 5.74) is 2.77. The molecule has 3 heterocycles. The van der Waals surface area contributed by atoms with Crippen molar-refractivity contribution in [3.63, 3.8) is 0 Å². The van der Waals surface area contributed by atoms with Crippen molar-refractivity contribution in [2.24, 2.45) is 0 Å². The number of halogens is 1. The van der Waals surface area contributed by atoms with E-state index < -0.39 is 15.8 Å². The van der Waals surface area contributed by atoms with Gasteiger partial charge in [0.15, 0.2) is 0 Å². The highest BCUT2D eigenvalue weighted by molar-refractivity contribution is 7.90. The number of aromatic nitrogens is 1. The van der Waals surface area contributed by atoms with Gasteiger partial charge < -0.3 is 10.2 Å². The molecule has 1 fully saturated rings. The molecule has 0 bridgehead atoms. The van der Waals surface area contributed by atoms with Crippen molar-refractivity contribution in [2.45, 2.75) is 17.4 Å². The zero-order valence-corrected chi connectivity index (χ0v) is 14.8. The summed E-state index contributed by atoms with van der Waals surface area (Å²) in [5.74, 6) is -0.559. The SMILES string of the molecule is O=S(=O)(c1cccc(F)c1)n1cc2c3c(cccc31)N1CCNCC1C2. The van der Waals surface area contributed by atoms with E-state index >= 15 is 0 Å². The number of hydrogen-bond acceptors (Lipinski definition) is 4. The highest BCUT2D eigenvalue weighted by Crippen LogP contribution is 2.39. The second kappa shape index (κ2) is 5.56. The molecule has 0 saturated carbocycles. The summed E-state index contributed by atoms with van der Waals surface area (Å²) in [5, 5.41) is 4.40. The van der Waals surface area contributed by atoms with Crippen LogP contribution in [0.15, 0.2) is 53.6 Å². The summed E-state index contributed by atoms with van der Waals surface area (Å²) in [4.78, 5) is 2.33. The van der Waals surface area contributed by atoms with E-state index in [2.05, 4.69) is 16.3 Å². The molecule has 0 spiro atoms. The Kier molecular flexibility index (Phi) is 3.39. The topological polar surface area (TPSA) is 54.3 Å². The van der Waals surface area contributed by atoms with Gasteiger partial charge in [0.25, 0.3) is 10.0 Å².